The number of hydrogen-bond acceptors (Lipinski definition) is 3. The quantitative estimate of drug-likeness (QED) is 0.830. The zero-order valence-corrected chi connectivity index (χ0v) is 11.0. The van der Waals surface area contributed by atoms with Crippen LogP contribution in [0.3, 0.4) is 0 Å². The number of amides is 2. The van der Waals surface area contributed by atoms with E-state index in [1.807, 2.05) is 19.9 Å². The van der Waals surface area contributed by atoms with Crippen molar-refractivity contribution < 1.29 is 9.59 Å². The van der Waals surface area contributed by atoms with Crippen molar-refractivity contribution in [3.05, 3.63) is 29.3 Å². The second kappa shape index (κ2) is 4.80. The number of imide groups is 1. The molecule has 1 aromatic carbocycles. The number of fused-ring (bicyclic) bond motifs is 1. The summed E-state index contributed by atoms with van der Waals surface area (Å²) in [5, 5.41) is 2.97. The van der Waals surface area contributed by atoms with E-state index in [9.17, 15) is 9.59 Å². The first-order valence-electron chi connectivity index (χ1n) is 6.34. The Labute approximate surface area is 107 Å². The van der Waals surface area contributed by atoms with Crippen molar-refractivity contribution in [1.82, 2.24) is 4.90 Å². The standard InChI is InChI=1S/C14H18N2O2/c1-4-9(5-2)16-13(17)10-7-6-8-11(15-3)12(10)14(16)18/h6-9,15H,4-5H2,1-3H3. The Morgan fingerprint density at radius 3 is 2.39 bits per heavy atom. The van der Waals surface area contributed by atoms with Gasteiger partial charge in [-0.1, -0.05) is 19.9 Å². The van der Waals surface area contributed by atoms with Gasteiger partial charge in [-0.25, -0.2) is 0 Å². The lowest BCUT2D eigenvalue weighted by molar-refractivity contribution is 0.0576. The summed E-state index contributed by atoms with van der Waals surface area (Å²) >= 11 is 0. The summed E-state index contributed by atoms with van der Waals surface area (Å²) in [5.41, 5.74) is 1.75. The molecule has 0 spiro atoms. The van der Waals surface area contributed by atoms with Gasteiger partial charge in [0.25, 0.3) is 11.8 Å². The summed E-state index contributed by atoms with van der Waals surface area (Å²) < 4.78 is 0. The summed E-state index contributed by atoms with van der Waals surface area (Å²) in [6.45, 7) is 3.99. The van der Waals surface area contributed by atoms with Gasteiger partial charge in [0.05, 0.1) is 11.1 Å². The van der Waals surface area contributed by atoms with Gasteiger partial charge in [-0.05, 0) is 25.0 Å². The fraction of sp³-hybridized carbons (Fsp3) is 0.429. The van der Waals surface area contributed by atoms with Crippen LogP contribution in [0.25, 0.3) is 0 Å². The minimum absolute atomic E-state index is 0.0119. The fourth-order valence-corrected chi connectivity index (χ4v) is 2.50. The van der Waals surface area contributed by atoms with E-state index in [-0.39, 0.29) is 17.9 Å². The molecule has 0 aliphatic carbocycles. The molecule has 2 amide bonds. The minimum Gasteiger partial charge on any atom is -0.387 e. The number of rotatable bonds is 4. The van der Waals surface area contributed by atoms with Gasteiger partial charge < -0.3 is 5.32 Å². The van der Waals surface area contributed by atoms with Crippen molar-refractivity contribution in [1.29, 1.82) is 0 Å². The van der Waals surface area contributed by atoms with E-state index in [1.54, 1.807) is 19.2 Å². The molecule has 4 heteroatoms. The topological polar surface area (TPSA) is 49.4 Å². The van der Waals surface area contributed by atoms with Crippen molar-refractivity contribution in [2.75, 3.05) is 12.4 Å². The second-order valence-corrected chi connectivity index (χ2v) is 4.43. The van der Waals surface area contributed by atoms with Gasteiger partial charge in [0.1, 0.15) is 0 Å². The average molecular weight is 246 g/mol. The molecule has 0 bridgehead atoms. The average Bonchev–Trinajstić information content (AvgIpc) is 2.65. The SMILES string of the molecule is CCC(CC)N1C(=O)c2cccc(NC)c2C1=O. The molecule has 0 unspecified atom stereocenters. The van der Waals surface area contributed by atoms with Gasteiger partial charge in [-0.2, -0.15) is 0 Å². The van der Waals surface area contributed by atoms with Gasteiger partial charge in [-0.15, -0.1) is 0 Å². The highest BCUT2D eigenvalue weighted by Crippen LogP contribution is 2.31. The minimum atomic E-state index is -0.173. The molecule has 0 aromatic heterocycles. The molecule has 0 saturated carbocycles. The van der Waals surface area contributed by atoms with Crippen LogP contribution >= 0.6 is 0 Å². The van der Waals surface area contributed by atoms with Crippen molar-refractivity contribution in [2.24, 2.45) is 0 Å². The van der Waals surface area contributed by atoms with Crippen LogP contribution in [-0.4, -0.2) is 29.8 Å². The number of hydrogen-bond donors (Lipinski definition) is 1. The van der Waals surface area contributed by atoms with Crippen LogP contribution in [0.5, 0.6) is 0 Å². The van der Waals surface area contributed by atoms with Gasteiger partial charge in [0.2, 0.25) is 0 Å². The summed E-state index contributed by atoms with van der Waals surface area (Å²) in [6.07, 6.45) is 1.58. The summed E-state index contributed by atoms with van der Waals surface area (Å²) in [5.74, 6) is -0.338. The van der Waals surface area contributed by atoms with Gasteiger partial charge in [-0.3, -0.25) is 14.5 Å². The third-order valence-corrected chi connectivity index (χ3v) is 3.52. The van der Waals surface area contributed by atoms with E-state index in [1.165, 1.54) is 4.90 Å². The van der Waals surface area contributed by atoms with E-state index in [2.05, 4.69) is 5.32 Å². The molecule has 1 aromatic rings. The van der Waals surface area contributed by atoms with E-state index in [4.69, 9.17) is 0 Å². The Hall–Kier alpha value is -1.84. The number of nitrogens with zero attached hydrogens (tertiary/aromatic N) is 1. The maximum absolute atomic E-state index is 12.4. The van der Waals surface area contributed by atoms with Crippen molar-refractivity contribution in [2.45, 2.75) is 32.7 Å². The maximum atomic E-state index is 12.4. The molecule has 18 heavy (non-hydrogen) atoms. The number of carbonyl (C=O) groups excluding carboxylic acids is 2. The van der Waals surface area contributed by atoms with Crippen molar-refractivity contribution in [3.8, 4) is 0 Å². The number of benzene rings is 1. The summed E-state index contributed by atoms with van der Waals surface area (Å²) in [6, 6.07) is 5.33. The van der Waals surface area contributed by atoms with Crippen LogP contribution in [0.4, 0.5) is 5.69 Å². The Bertz CT molecular complexity index is 493. The summed E-state index contributed by atoms with van der Waals surface area (Å²) in [4.78, 5) is 26.1. The molecule has 1 aliphatic rings. The number of nitrogens with one attached hydrogen (secondary N) is 1. The molecular weight excluding hydrogens is 228 g/mol. The number of carbonyl (C=O) groups is 2. The Morgan fingerprint density at radius 2 is 1.83 bits per heavy atom. The molecular formula is C14H18N2O2. The Balaban J connectivity index is 2.50. The Morgan fingerprint density at radius 1 is 1.17 bits per heavy atom. The predicted octanol–water partition coefficient (Wildman–Crippen LogP) is 2.51. The van der Waals surface area contributed by atoms with E-state index in [0.717, 1.165) is 18.5 Å². The highest BCUT2D eigenvalue weighted by Gasteiger charge is 2.40. The van der Waals surface area contributed by atoms with Gasteiger partial charge >= 0.3 is 0 Å². The lowest BCUT2D eigenvalue weighted by Crippen LogP contribution is -2.39. The third-order valence-electron chi connectivity index (χ3n) is 3.52. The van der Waals surface area contributed by atoms with Gasteiger partial charge in [0, 0.05) is 18.8 Å². The molecule has 1 aliphatic heterocycles. The predicted molar refractivity (Wildman–Crippen MR) is 70.9 cm³/mol. The molecule has 0 saturated heterocycles. The van der Waals surface area contributed by atoms with E-state index < -0.39 is 0 Å². The van der Waals surface area contributed by atoms with Crippen LogP contribution in [0.2, 0.25) is 0 Å². The lowest BCUT2D eigenvalue weighted by Gasteiger charge is -2.23. The van der Waals surface area contributed by atoms with E-state index in [0.29, 0.717) is 11.1 Å². The maximum Gasteiger partial charge on any atom is 0.263 e. The monoisotopic (exact) mass is 246 g/mol. The van der Waals surface area contributed by atoms with Crippen LogP contribution < -0.4 is 5.32 Å². The van der Waals surface area contributed by atoms with Crippen LogP contribution in [-0.2, 0) is 0 Å². The molecule has 4 nitrogen and oxygen atoms in total. The van der Waals surface area contributed by atoms with Gasteiger partial charge in [0.15, 0.2) is 0 Å². The highest BCUT2D eigenvalue weighted by atomic mass is 16.2. The van der Waals surface area contributed by atoms with Crippen LogP contribution in [0.1, 0.15) is 47.4 Å². The zero-order chi connectivity index (χ0) is 13.3. The number of anilines is 1. The first kappa shape index (κ1) is 12.6. The second-order valence-electron chi connectivity index (χ2n) is 4.43. The first-order chi connectivity index (χ1) is 8.65. The molecule has 2 rings (SSSR count). The Kier molecular flexibility index (Phi) is 3.36. The fourth-order valence-electron chi connectivity index (χ4n) is 2.50. The first-order valence-corrected chi connectivity index (χ1v) is 6.34. The van der Waals surface area contributed by atoms with E-state index >= 15 is 0 Å². The molecule has 0 radical (unpaired) electrons. The van der Waals surface area contributed by atoms with Crippen LogP contribution in [0.15, 0.2) is 18.2 Å². The smallest absolute Gasteiger partial charge is 0.263 e. The van der Waals surface area contributed by atoms with Crippen molar-refractivity contribution in [3.63, 3.8) is 0 Å². The zero-order valence-electron chi connectivity index (χ0n) is 11.0. The normalized spacial score (nSPS) is 14.3. The highest BCUT2D eigenvalue weighted by molar-refractivity contribution is 6.23. The summed E-state index contributed by atoms with van der Waals surface area (Å²) in [7, 11) is 1.76. The largest absolute Gasteiger partial charge is 0.387 e. The molecule has 96 valence electrons. The lowest BCUT2D eigenvalue weighted by atomic mass is 10.1. The molecule has 1 N–H and O–H groups in total. The molecule has 0 atom stereocenters. The third kappa shape index (κ3) is 1.68. The molecule has 0 fully saturated rings. The van der Waals surface area contributed by atoms with Crippen molar-refractivity contribution >= 4 is 17.5 Å². The van der Waals surface area contributed by atoms with Crippen LogP contribution in [0, 0.1) is 0 Å². The molecule has 1 heterocycles.